The number of sulfonamides is 1. The fraction of sp³-hybridized carbons (Fsp3) is 0.561. The van der Waals surface area contributed by atoms with Crippen LogP contribution in [0.5, 0.6) is 5.75 Å². The van der Waals surface area contributed by atoms with Gasteiger partial charge in [-0.1, -0.05) is 55.0 Å². The first-order valence-electron chi connectivity index (χ1n) is 18.5. The van der Waals surface area contributed by atoms with Crippen LogP contribution in [0.25, 0.3) is 0 Å². The highest BCUT2D eigenvalue weighted by atomic mass is 32.2. The van der Waals surface area contributed by atoms with Gasteiger partial charge in [-0.15, -0.1) is 0 Å². The standard InChI is InChI=1S/C41H59N3O7S/c1-30-8-15-36(16-9-30)52(45,46)44-25-40(51-29-33-12-17-39-38(22-33)43(19-21-50-39)18-7-20-47-5)37(23-35(44)24-41(3,4)42)34-13-10-32(11-14-34)28-49-27-31(2)26-48-6/h8-17,22,31,35,37,40H,7,18-21,23-29,42H2,1-6H3/t31-,35+,37+,40-/m0/s1. The van der Waals surface area contributed by atoms with Crippen LogP contribution in [0, 0.1) is 12.8 Å². The number of anilines is 1. The molecule has 0 amide bonds. The number of benzene rings is 3. The Kier molecular flexibility index (Phi) is 14.2. The topological polar surface area (TPSA) is 113 Å². The molecule has 4 atom stereocenters. The Balaban J connectivity index is 1.42. The lowest BCUT2D eigenvalue weighted by Crippen LogP contribution is -2.55. The van der Waals surface area contributed by atoms with Gasteiger partial charge in [0.05, 0.1) is 49.7 Å². The second-order valence-electron chi connectivity index (χ2n) is 15.2. The first kappa shape index (κ1) is 40.2. The van der Waals surface area contributed by atoms with E-state index in [9.17, 15) is 8.42 Å². The summed E-state index contributed by atoms with van der Waals surface area (Å²) in [4.78, 5) is 2.62. The number of methoxy groups -OCH3 is 2. The lowest BCUT2D eigenvalue weighted by molar-refractivity contribution is -0.0228. The van der Waals surface area contributed by atoms with Crippen molar-refractivity contribution in [2.75, 3.05) is 65.2 Å². The molecule has 0 aromatic heterocycles. The molecule has 52 heavy (non-hydrogen) atoms. The lowest BCUT2D eigenvalue weighted by atomic mass is 9.80. The van der Waals surface area contributed by atoms with E-state index in [1.165, 1.54) is 0 Å². The maximum absolute atomic E-state index is 14.4. The molecule has 2 aliphatic rings. The minimum Gasteiger partial charge on any atom is -0.490 e. The Morgan fingerprint density at radius 1 is 0.962 bits per heavy atom. The van der Waals surface area contributed by atoms with E-state index in [4.69, 9.17) is 29.4 Å². The smallest absolute Gasteiger partial charge is 0.243 e. The van der Waals surface area contributed by atoms with Crippen LogP contribution in [0.3, 0.4) is 0 Å². The molecule has 0 radical (unpaired) electrons. The zero-order chi connectivity index (χ0) is 37.3. The quantitative estimate of drug-likeness (QED) is 0.151. The number of fused-ring (bicyclic) bond motifs is 1. The van der Waals surface area contributed by atoms with Crippen molar-refractivity contribution in [2.45, 2.75) is 88.7 Å². The third-order valence-corrected chi connectivity index (χ3v) is 11.8. The van der Waals surface area contributed by atoms with Crippen molar-refractivity contribution in [1.29, 1.82) is 0 Å². The van der Waals surface area contributed by atoms with Crippen LogP contribution in [-0.4, -0.2) is 90.7 Å². The third kappa shape index (κ3) is 10.8. The van der Waals surface area contributed by atoms with Crippen LogP contribution in [0.1, 0.15) is 68.2 Å². The Hall–Kier alpha value is -3.03. The van der Waals surface area contributed by atoms with Crippen LogP contribution in [0.4, 0.5) is 5.69 Å². The molecule has 286 valence electrons. The van der Waals surface area contributed by atoms with Crippen molar-refractivity contribution in [3.8, 4) is 5.75 Å². The average molecular weight is 738 g/mol. The second kappa shape index (κ2) is 18.3. The van der Waals surface area contributed by atoms with E-state index >= 15 is 0 Å². The minimum atomic E-state index is -3.84. The van der Waals surface area contributed by atoms with Crippen LogP contribution in [0.2, 0.25) is 0 Å². The summed E-state index contributed by atoms with van der Waals surface area (Å²) in [5.41, 5.74) is 11.3. The van der Waals surface area contributed by atoms with Crippen molar-refractivity contribution in [3.05, 3.63) is 89.0 Å². The Morgan fingerprint density at radius 2 is 1.69 bits per heavy atom. The molecule has 0 unspecified atom stereocenters. The molecule has 1 fully saturated rings. The zero-order valence-electron chi connectivity index (χ0n) is 31.9. The maximum Gasteiger partial charge on any atom is 0.243 e. The number of ether oxygens (including phenoxy) is 5. The third-order valence-electron chi connectivity index (χ3n) is 9.88. The maximum atomic E-state index is 14.4. The zero-order valence-corrected chi connectivity index (χ0v) is 32.7. The van der Waals surface area contributed by atoms with E-state index in [1.807, 2.05) is 45.0 Å². The van der Waals surface area contributed by atoms with Crippen molar-refractivity contribution in [1.82, 2.24) is 4.31 Å². The van der Waals surface area contributed by atoms with E-state index in [2.05, 4.69) is 42.2 Å². The summed E-state index contributed by atoms with van der Waals surface area (Å²) in [6.45, 7) is 13.3. The molecule has 0 bridgehead atoms. The molecule has 11 heteroatoms. The molecule has 0 spiro atoms. The summed E-state index contributed by atoms with van der Waals surface area (Å²) >= 11 is 0. The van der Waals surface area contributed by atoms with Gasteiger partial charge in [0.15, 0.2) is 0 Å². The van der Waals surface area contributed by atoms with Gasteiger partial charge in [-0.25, -0.2) is 8.42 Å². The Labute approximate surface area is 311 Å². The molecular formula is C41H59N3O7S. The van der Waals surface area contributed by atoms with Gasteiger partial charge >= 0.3 is 0 Å². The van der Waals surface area contributed by atoms with E-state index in [0.717, 1.165) is 53.2 Å². The molecule has 0 aliphatic carbocycles. The number of nitrogens with zero attached hydrogens (tertiary/aromatic N) is 2. The molecule has 3 aromatic rings. The highest BCUT2D eigenvalue weighted by molar-refractivity contribution is 7.89. The first-order valence-corrected chi connectivity index (χ1v) is 20.0. The Bertz CT molecular complexity index is 1660. The monoisotopic (exact) mass is 737 g/mol. The number of piperidine rings is 1. The van der Waals surface area contributed by atoms with Crippen molar-refractivity contribution >= 4 is 15.7 Å². The number of hydrogen-bond donors (Lipinski definition) is 1. The highest BCUT2D eigenvalue weighted by Gasteiger charge is 2.44. The summed E-state index contributed by atoms with van der Waals surface area (Å²) in [6, 6.07) is 21.4. The molecule has 2 N–H and O–H groups in total. The van der Waals surface area contributed by atoms with E-state index in [1.54, 1.807) is 30.7 Å². The summed E-state index contributed by atoms with van der Waals surface area (Å²) in [6.07, 6.45) is 1.60. The van der Waals surface area contributed by atoms with Crippen LogP contribution < -0.4 is 15.4 Å². The summed E-state index contributed by atoms with van der Waals surface area (Å²) in [5, 5.41) is 0. The van der Waals surface area contributed by atoms with Gasteiger partial charge in [0, 0.05) is 57.3 Å². The number of rotatable bonds is 18. The van der Waals surface area contributed by atoms with Crippen LogP contribution >= 0.6 is 0 Å². The predicted molar refractivity (Wildman–Crippen MR) is 205 cm³/mol. The molecular weight excluding hydrogens is 679 g/mol. The van der Waals surface area contributed by atoms with Gasteiger partial charge in [-0.2, -0.15) is 4.31 Å². The largest absolute Gasteiger partial charge is 0.490 e. The summed E-state index contributed by atoms with van der Waals surface area (Å²) in [5.74, 6) is 1.12. The average Bonchev–Trinajstić information content (AvgIpc) is 3.11. The van der Waals surface area contributed by atoms with E-state index in [-0.39, 0.29) is 23.4 Å². The van der Waals surface area contributed by atoms with Crippen molar-refractivity contribution in [3.63, 3.8) is 0 Å². The molecule has 1 saturated heterocycles. The molecule has 2 heterocycles. The predicted octanol–water partition coefficient (Wildman–Crippen LogP) is 6.29. The van der Waals surface area contributed by atoms with Crippen LogP contribution in [0.15, 0.2) is 71.6 Å². The number of aryl methyl sites for hydroxylation is 1. The SMILES string of the molecule is COCCCN1CCOc2ccc(CO[C@H]3CN(S(=O)(=O)c4ccc(C)cc4)[C@@H](CC(C)(C)N)C[C@@H]3c3ccc(COC[C@@H](C)COC)cc3)cc21. The second-order valence-corrected chi connectivity index (χ2v) is 17.1. The molecule has 0 saturated carbocycles. The first-order chi connectivity index (χ1) is 24.9. The van der Waals surface area contributed by atoms with Gasteiger partial charge in [0.1, 0.15) is 12.4 Å². The van der Waals surface area contributed by atoms with Crippen LogP contribution in [-0.2, 0) is 42.2 Å². The van der Waals surface area contributed by atoms with Crippen molar-refractivity contribution < 1.29 is 32.1 Å². The van der Waals surface area contributed by atoms with E-state index in [0.29, 0.717) is 58.4 Å². The molecule has 3 aromatic carbocycles. The Morgan fingerprint density at radius 3 is 2.38 bits per heavy atom. The minimum absolute atomic E-state index is 0.0555. The molecule has 10 nitrogen and oxygen atoms in total. The van der Waals surface area contributed by atoms with Gasteiger partial charge in [-0.3, -0.25) is 0 Å². The molecule has 2 aliphatic heterocycles. The van der Waals surface area contributed by atoms with E-state index < -0.39 is 21.7 Å². The van der Waals surface area contributed by atoms with Gasteiger partial charge in [-0.05, 0) is 81.0 Å². The number of nitrogens with two attached hydrogens (primary N) is 1. The lowest BCUT2D eigenvalue weighted by Gasteiger charge is -2.45. The fourth-order valence-corrected chi connectivity index (χ4v) is 8.93. The summed E-state index contributed by atoms with van der Waals surface area (Å²) in [7, 11) is -0.414. The summed E-state index contributed by atoms with van der Waals surface area (Å²) < 4.78 is 59.7. The fourth-order valence-electron chi connectivity index (χ4n) is 7.28. The molecule has 5 rings (SSSR count). The normalized spacial score (nSPS) is 20.4. The van der Waals surface area contributed by atoms with Crippen molar-refractivity contribution in [2.24, 2.45) is 11.7 Å². The number of hydrogen-bond acceptors (Lipinski definition) is 9. The van der Waals surface area contributed by atoms with Gasteiger partial charge in [0.25, 0.3) is 0 Å². The van der Waals surface area contributed by atoms with Gasteiger partial charge < -0.3 is 34.3 Å². The highest BCUT2D eigenvalue weighted by Crippen LogP contribution is 2.40. The van der Waals surface area contributed by atoms with Gasteiger partial charge in [0.2, 0.25) is 10.0 Å².